The van der Waals surface area contributed by atoms with Gasteiger partial charge in [0.25, 0.3) is 0 Å². The van der Waals surface area contributed by atoms with Crippen molar-refractivity contribution >= 4 is 0 Å². The first kappa shape index (κ1) is 9.71. The molecule has 1 fully saturated rings. The van der Waals surface area contributed by atoms with Crippen LogP contribution in [0.3, 0.4) is 0 Å². The molecule has 0 spiro atoms. The van der Waals surface area contributed by atoms with E-state index in [4.69, 9.17) is 5.73 Å². The van der Waals surface area contributed by atoms with Crippen molar-refractivity contribution in [3.63, 3.8) is 0 Å². The first-order valence-corrected chi connectivity index (χ1v) is 5.29. The van der Waals surface area contributed by atoms with Crippen LogP contribution in [0.2, 0.25) is 0 Å². The lowest BCUT2D eigenvalue weighted by Gasteiger charge is -2.08. The fourth-order valence-corrected chi connectivity index (χ4v) is 1.78. The van der Waals surface area contributed by atoms with Crippen molar-refractivity contribution in [2.24, 2.45) is 12.8 Å². The van der Waals surface area contributed by atoms with Gasteiger partial charge in [-0.3, -0.25) is 0 Å². The summed E-state index contributed by atoms with van der Waals surface area (Å²) in [5.74, 6) is 1.18. The third-order valence-corrected chi connectivity index (χ3v) is 3.45. The third-order valence-electron chi connectivity index (χ3n) is 3.45. The molecule has 0 unspecified atom stereocenters. The maximum atomic E-state index is 6.05. The predicted octanol–water partition coefficient (Wildman–Crippen LogP) is 1.46. The summed E-state index contributed by atoms with van der Waals surface area (Å²) >= 11 is 0. The van der Waals surface area contributed by atoms with Gasteiger partial charge in [0.05, 0.1) is 5.69 Å². The summed E-state index contributed by atoms with van der Waals surface area (Å²) in [6.45, 7) is 4.18. The number of rotatable bonds is 3. The molecule has 2 rings (SSSR count). The van der Waals surface area contributed by atoms with E-state index in [9.17, 15) is 0 Å². The molecule has 1 heterocycles. The van der Waals surface area contributed by atoms with E-state index >= 15 is 0 Å². The summed E-state index contributed by atoms with van der Waals surface area (Å²) in [6.07, 6.45) is 4.48. The Kier molecular flexibility index (Phi) is 2.14. The molecule has 0 amide bonds. The Morgan fingerprint density at radius 2 is 2.07 bits per heavy atom. The van der Waals surface area contributed by atoms with Crippen LogP contribution >= 0.6 is 0 Å². The second-order valence-electron chi connectivity index (χ2n) is 4.62. The fraction of sp³-hybridized carbons (Fsp3) is 0.727. The number of nitrogens with zero attached hydrogens (tertiary/aromatic N) is 2. The maximum Gasteiger partial charge on any atom is 0.108 e. The molecule has 0 bridgehead atoms. The summed E-state index contributed by atoms with van der Waals surface area (Å²) in [5.41, 5.74) is 8.61. The largest absolute Gasteiger partial charge is 0.335 e. The summed E-state index contributed by atoms with van der Waals surface area (Å²) < 4.78 is 2.18. The molecule has 1 aliphatic rings. The lowest BCUT2D eigenvalue weighted by molar-refractivity contribution is 0.584. The van der Waals surface area contributed by atoms with E-state index in [0.717, 1.165) is 18.5 Å². The fourth-order valence-electron chi connectivity index (χ4n) is 1.78. The predicted molar refractivity (Wildman–Crippen MR) is 57.2 cm³/mol. The van der Waals surface area contributed by atoms with Crippen LogP contribution in [0.5, 0.6) is 0 Å². The van der Waals surface area contributed by atoms with Crippen molar-refractivity contribution in [3.05, 3.63) is 17.2 Å². The zero-order valence-electron chi connectivity index (χ0n) is 9.30. The minimum Gasteiger partial charge on any atom is -0.335 e. The SMILES string of the molecule is Cc1nc(CCC2(N)CC2)n(C)c1C. The van der Waals surface area contributed by atoms with Gasteiger partial charge in [0, 0.05) is 24.7 Å². The molecule has 0 aromatic carbocycles. The number of aryl methyl sites for hydroxylation is 2. The van der Waals surface area contributed by atoms with Crippen LogP contribution < -0.4 is 5.73 Å². The lowest BCUT2D eigenvalue weighted by Crippen LogP contribution is -2.22. The molecule has 1 aromatic heterocycles. The minimum atomic E-state index is 0.147. The molecule has 0 atom stereocenters. The summed E-state index contributed by atoms with van der Waals surface area (Å²) in [4.78, 5) is 4.55. The van der Waals surface area contributed by atoms with Gasteiger partial charge in [0.1, 0.15) is 5.82 Å². The van der Waals surface area contributed by atoms with E-state index in [-0.39, 0.29) is 5.54 Å². The number of nitrogens with two attached hydrogens (primary N) is 1. The molecule has 0 radical (unpaired) electrons. The number of hydrogen-bond donors (Lipinski definition) is 1. The Morgan fingerprint density at radius 1 is 1.43 bits per heavy atom. The van der Waals surface area contributed by atoms with Crippen molar-refractivity contribution in [2.45, 2.75) is 45.1 Å². The normalized spacial score (nSPS) is 18.6. The highest BCUT2D eigenvalue weighted by atomic mass is 15.1. The molecule has 3 nitrogen and oxygen atoms in total. The van der Waals surface area contributed by atoms with E-state index in [0.29, 0.717) is 0 Å². The van der Waals surface area contributed by atoms with E-state index in [1.54, 1.807) is 0 Å². The molecule has 3 heteroatoms. The summed E-state index contributed by atoms with van der Waals surface area (Å²) in [7, 11) is 2.08. The summed E-state index contributed by atoms with van der Waals surface area (Å²) in [5, 5.41) is 0. The number of aromatic nitrogens is 2. The zero-order chi connectivity index (χ0) is 10.3. The van der Waals surface area contributed by atoms with Crippen LogP contribution in [0, 0.1) is 13.8 Å². The maximum absolute atomic E-state index is 6.05. The van der Waals surface area contributed by atoms with E-state index in [1.165, 1.54) is 24.4 Å². The molecule has 0 saturated heterocycles. The first-order chi connectivity index (χ1) is 6.52. The van der Waals surface area contributed by atoms with Crippen LogP contribution in [-0.4, -0.2) is 15.1 Å². The van der Waals surface area contributed by atoms with E-state index < -0.39 is 0 Å². The zero-order valence-corrected chi connectivity index (χ0v) is 9.30. The van der Waals surface area contributed by atoms with Crippen molar-refractivity contribution in [2.75, 3.05) is 0 Å². The van der Waals surface area contributed by atoms with Gasteiger partial charge in [-0.1, -0.05) is 0 Å². The van der Waals surface area contributed by atoms with Gasteiger partial charge in [0.15, 0.2) is 0 Å². The Balaban J connectivity index is 2.05. The number of hydrogen-bond acceptors (Lipinski definition) is 2. The van der Waals surface area contributed by atoms with Gasteiger partial charge in [-0.2, -0.15) is 0 Å². The molecule has 1 aromatic rings. The molecule has 1 saturated carbocycles. The van der Waals surface area contributed by atoms with Crippen LogP contribution in [-0.2, 0) is 13.5 Å². The van der Waals surface area contributed by atoms with Gasteiger partial charge in [0.2, 0.25) is 0 Å². The monoisotopic (exact) mass is 193 g/mol. The molecule has 1 aliphatic carbocycles. The van der Waals surface area contributed by atoms with Crippen LogP contribution in [0.1, 0.15) is 36.5 Å². The minimum absolute atomic E-state index is 0.147. The van der Waals surface area contributed by atoms with Gasteiger partial charge in [-0.15, -0.1) is 0 Å². The standard InChI is InChI=1S/C11H19N3/c1-8-9(2)14(3)10(13-8)4-5-11(12)6-7-11/h4-7,12H2,1-3H3. The Labute approximate surface area is 85.3 Å². The highest BCUT2D eigenvalue weighted by molar-refractivity contribution is 5.14. The lowest BCUT2D eigenvalue weighted by atomic mass is 10.1. The van der Waals surface area contributed by atoms with Crippen LogP contribution in [0.25, 0.3) is 0 Å². The average molecular weight is 193 g/mol. The van der Waals surface area contributed by atoms with Gasteiger partial charge >= 0.3 is 0 Å². The van der Waals surface area contributed by atoms with Crippen molar-refractivity contribution < 1.29 is 0 Å². The summed E-state index contributed by atoms with van der Waals surface area (Å²) in [6, 6.07) is 0. The Bertz CT molecular complexity index is 348. The molecule has 0 aliphatic heterocycles. The first-order valence-electron chi connectivity index (χ1n) is 5.29. The van der Waals surface area contributed by atoms with Crippen LogP contribution in [0.15, 0.2) is 0 Å². The van der Waals surface area contributed by atoms with Gasteiger partial charge < -0.3 is 10.3 Å². The van der Waals surface area contributed by atoms with Gasteiger partial charge in [-0.05, 0) is 33.1 Å². The molecular formula is C11H19N3. The highest BCUT2D eigenvalue weighted by Crippen LogP contribution is 2.36. The molecule has 14 heavy (non-hydrogen) atoms. The third kappa shape index (κ3) is 1.69. The van der Waals surface area contributed by atoms with Crippen molar-refractivity contribution in [3.8, 4) is 0 Å². The second-order valence-corrected chi connectivity index (χ2v) is 4.62. The molecule has 2 N–H and O–H groups in total. The van der Waals surface area contributed by atoms with E-state index in [2.05, 4.69) is 30.4 Å². The average Bonchev–Trinajstić information content (AvgIpc) is 2.83. The quantitative estimate of drug-likeness (QED) is 0.789. The van der Waals surface area contributed by atoms with Crippen molar-refractivity contribution in [1.29, 1.82) is 0 Å². The van der Waals surface area contributed by atoms with E-state index in [1.807, 2.05) is 0 Å². The Hall–Kier alpha value is -0.830. The van der Waals surface area contributed by atoms with Crippen molar-refractivity contribution in [1.82, 2.24) is 9.55 Å². The Morgan fingerprint density at radius 3 is 2.50 bits per heavy atom. The van der Waals surface area contributed by atoms with Gasteiger partial charge in [-0.25, -0.2) is 4.98 Å². The van der Waals surface area contributed by atoms with Crippen LogP contribution in [0.4, 0.5) is 0 Å². The molecule has 78 valence electrons. The topological polar surface area (TPSA) is 43.8 Å². The second kappa shape index (κ2) is 3.09. The smallest absolute Gasteiger partial charge is 0.108 e. The number of imidazole rings is 1. The highest BCUT2D eigenvalue weighted by Gasteiger charge is 2.37. The molecular weight excluding hydrogens is 174 g/mol.